The first kappa shape index (κ1) is 8.13. The fraction of sp³-hybridized carbons (Fsp3) is 0.400. The molecule has 0 N–H and O–H groups in total. The zero-order valence-electron chi connectivity index (χ0n) is 6.26. The van der Waals surface area contributed by atoms with Crippen LogP contribution >= 0.6 is 0 Å². The summed E-state index contributed by atoms with van der Waals surface area (Å²) >= 11 is 0. The van der Waals surface area contributed by atoms with Crippen LogP contribution in [0.3, 0.4) is 0 Å². The number of hydrogen-bond donors (Lipinski definition) is 0. The van der Waals surface area contributed by atoms with Gasteiger partial charge in [0.1, 0.15) is 11.2 Å². The van der Waals surface area contributed by atoms with E-state index >= 15 is 0 Å². The average molecular weight is 167 g/mol. The van der Waals surface area contributed by atoms with Gasteiger partial charge in [0.2, 0.25) is 5.69 Å². The predicted octanol–water partition coefficient (Wildman–Crippen LogP) is 0.0779. The molecule has 0 aromatic carbocycles. The molecule has 1 aromatic rings. The number of aromatic nitrogens is 3. The summed E-state index contributed by atoms with van der Waals surface area (Å²) in [7, 11) is 0. The minimum absolute atomic E-state index is 0.109. The fourth-order valence-corrected chi connectivity index (χ4v) is 0.756. The molecule has 0 aliphatic carbocycles. The molecule has 0 aliphatic heterocycles. The number of nitriles is 1. The lowest BCUT2D eigenvalue weighted by molar-refractivity contribution is -0.389. The van der Waals surface area contributed by atoms with E-state index in [1.165, 1.54) is 4.68 Å². The zero-order chi connectivity index (χ0) is 9.14. The van der Waals surface area contributed by atoms with Gasteiger partial charge in [0.05, 0.1) is 5.21 Å². The van der Waals surface area contributed by atoms with Crippen molar-refractivity contribution in [2.75, 3.05) is 0 Å². The summed E-state index contributed by atoms with van der Waals surface area (Å²) in [5.74, 6) is -0.487. The van der Waals surface area contributed by atoms with Gasteiger partial charge >= 0.3 is 5.82 Å². The molecule has 0 saturated carbocycles. The molecule has 0 radical (unpaired) electrons. The molecule has 1 rings (SSSR count). The highest BCUT2D eigenvalue weighted by atomic mass is 16.6. The summed E-state index contributed by atoms with van der Waals surface area (Å²) < 4.78 is 1.18. The zero-order valence-corrected chi connectivity index (χ0v) is 6.26. The van der Waals surface area contributed by atoms with Crippen molar-refractivity contribution in [2.24, 2.45) is 0 Å². The van der Waals surface area contributed by atoms with Gasteiger partial charge in [0.25, 0.3) is 0 Å². The van der Waals surface area contributed by atoms with Crippen molar-refractivity contribution in [2.45, 2.75) is 13.5 Å². The van der Waals surface area contributed by atoms with Crippen LogP contribution in [0.25, 0.3) is 0 Å². The van der Waals surface area contributed by atoms with E-state index in [0.29, 0.717) is 6.54 Å². The topological polar surface area (TPSA) is 97.6 Å². The standard InChI is InChI=1S/C5H5N5O2/c1-2-9-4(3-6)5(7-8-9)10(11)12/h2H2,1H3. The van der Waals surface area contributed by atoms with Crippen molar-refractivity contribution in [3.8, 4) is 6.07 Å². The van der Waals surface area contributed by atoms with Crippen LogP contribution in [0.4, 0.5) is 5.82 Å². The Morgan fingerprint density at radius 3 is 2.92 bits per heavy atom. The molecule has 0 unspecified atom stereocenters. The van der Waals surface area contributed by atoms with Crippen molar-refractivity contribution in [3.05, 3.63) is 15.8 Å². The number of nitrogens with zero attached hydrogens (tertiary/aromatic N) is 5. The molecule has 0 bridgehead atoms. The minimum Gasteiger partial charge on any atom is -0.358 e. The maximum Gasteiger partial charge on any atom is 0.428 e. The molecule has 1 heterocycles. The first-order chi connectivity index (χ1) is 5.70. The molecule has 0 fully saturated rings. The molecule has 0 aliphatic rings. The summed E-state index contributed by atoms with van der Waals surface area (Å²) in [5.41, 5.74) is -0.109. The maximum atomic E-state index is 10.2. The van der Waals surface area contributed by atoms with Gasteiger partial charge in [-0.05, 0) is 11.8 Å². The van der Waals surface area contributed by atoms with Crippen LogP contribution in [0.1, 0.15) is 12.6 Å². The van der Waals surface area contributed by atoms with E-state index in [1.807, 2.05) is 0 Å². The highest BCUT2D eigenvalue weighted by Crippen LogP contribution is 2.11. The monoisotopic (exact) mass is 167 g/mol. The van der Waals surface area contributed by atoms with E-state index in [1.54, 1.807) is 13.0 Å². The van der Waals surface area contributed by atoms with E-state index < -0.39 is 10.7 Å². The Bertz CT molecular complexity index is 349. The summed E-state index contributed by atoms with van der Waals surface area (Å²) in [6.45, 7) is 2.11. The Morgan fingerprint density at radius 1 is 1.83 bits per heavy atom. The minimum atomic E-state index is -0.724. The van der Waals surface area contributed by atoms with E-state index in [2.05, 4.69) is 10.3 Å². The summed E-state index contributed by atoms with van der Waals surface area (Å²) in [6, 6.07) is 1.67. The van der Waals surface area contributed by atoms with Crippen LogP contribution in [0.15, 0.2) is 0 Å². The van der Waals surface area contributed by atoms with Gasteiger partial charge < -0.3 is 10.1 Å². The molecule has 0 spiro atoms. The number of nitro groups is 1. The van der Waals surface area contributed by atoms with Gasteiger partial charge in [-0.1, -0.05) is 0 Å². The third kappa shape index (κ3) is 1.10. The second-order valence-corrected chi connectivity index (χ2v) is 1.95. The molecule has 62 valence electrons. The molecule has 0 amide bonds. The smallest absolute Gasteiger partial charge is 0.358 e. The first-order valence-corrected chi connectivity index (χ1v) is 3.18. The lowest BCUT2D eigenvalue weighted by Crippen LogP contribution is -2.00. The van der Waals surface area contributed by atoms with Crippen LogP contribution in [0.5, 0.6) is 0 Å². The Morgan fingerprint density at radius 2 is 2.50 bits per heavy atom. The first-order valence-electron chi connectivity index (χ1n) is 3.18. The van der Waals surface area contributed by atoms with E-state index in [0.717, 1.165) is 0 Å². The highest BCUT2D eigenvalue weighted by molar-refractivity contribution is 5.35. The maximum absolute atomic E-state index is 10.2. The molecule has 7 nitrogen and oxygen atoms in total. The third-order valence-electron chi connectivity index (χ3n) is 1.30. The second-order valence-electron chi connectivity index (χ2n) is 1.95. The normalized spacial score (nSPS) is 9.33. The van der Waals surface area contributed by atoms with Gasteiger partial charge in [0.15, 0.2) is 0 Å². The van der Waals surface area contributed by atoms with Gasteiger partial charge in [-0.15, -0.1) is 0 Å². The molecule has 1 aromatic heterocycles. The largest absolute Gasteiger partial charge is 0.428 e. The lowest BCUT2D eigenvalue weighted by Gasteiger charge is -1.90. The van der Waals surface area contributed by atoms with Crippen molar-refractivity contribution >= 4 is 5.82 Å². The Kier molecular flexibility index (Phi) is 2.00. The quantitative estimate of drug-likeness (QED) is 0.458. The second kappa shape index (κ2) is 2.96. The van der Waals surface area contributed by atoms with Crippen molar-refractivity contribution in [1.29, 1.82) is 5.26 Å². The predicted molar refractivity (Wildman–Crippen MR) is 37.1 cm³/mol. The molecular weight excluding hydrogens is 162 g/mol. The van der Waals surface area contributed by atoms with E-state index in [9.17, 15) is 10.1 Å². The van der Waals surface area contributed by atoms with E-state index in [4.69, 9.17) is 5.26 Å². The van der Waals surface area contributed by atoms with Crippen molar-refractivity contribution in [1.82, 2.24) is 15.0 Å². The Balaban J connectivity index is 3.25. The van der Waals surface area contributed by atoms with Crippen LogP contribution in [-0.2, 0) is 6.54 Å². The molecular formula is C5H5N5O2. The van der Waals surface area contributed by atoms with Gasteiger partial charge in [0, 0.05) is 6.54 Å². The Labute approximate surface area is 67.4 Å². The summed E-state index contributed by atoms with van der Waals surface area (Å²) in [5, 5.41) is 25.4. The van der Waals surface area contributed by atoms with Gasteiger partial charge in [-0.2, -0.15) is 5.26 Å². The number of hydrogen-bond acceptors (Lipinski definition) is 5. The highest BCUT2D eigenvalue weighted by Gasteiger charge is 2.22. The van der Waals surface area contributed by atoms with Crippen LogP contribution < -0.4 is 0 Å². The SMILES string of the molecule is CCn1nnc([N+](=O)[O-])c1C#N. The lowest BCUT2D eigenvalue weighted by atomic mass is 10.4. The number of aryl methyl sites for hydroxylation is 1. The third-order valence-corrected chi connectivity index (χ3v) is 1.30. The van der Waals surface area contributed by atoms with Gasteiger partial charge in [-0.3, -0.25) is 0 Å². The Hall–Kier alpha value is -1.97. The van der Waals surface area contributed by atoms with E-state index in [-0.39, 0.29) is 5.69 Å². The van der Waals surface area contributed by atoms with Gasteiger partial charge in [-0.25, -0.2) is 4.68 Å². The molecule has 0 atom stereocenters. The molecule has 12 heavy (non-hydrogen) atoms. The molecule has 0 saturated heterocycles. The fourth-order valence-electron chi connectivity index (χ4n) is 0.756. The summed E-state index contributed by atoms with van der Waals surface area (Å²) in [6.07, 6.45) is 0. The van der Waals surface area contributed by atoms with Crippen molar-refractivity contribution in [3.63, 3.8) is 0 Å². The number of rotatable bonds is 2. The molecule has 7 heteroatoms. The van der Waals surface area contributed by atoms with Crippen molar-refractivity contribution < 1.29 is 4.92 Å². The average Bonchev–Trinajstić information content (AvgIpc) is 2.46. The van der Waals surface area contributed by atoms with Crippen LogP contribution in [-0.4, -0.2) is 19.9 Å². The van der Waals surface area contributed by atoms with Crippen LogP contribution in [0, 0.1) is 21.4 Å². The summed E-state index contributed by atoms with van der Waals surface area (Å²) in [4.78, 5) is 9.52. The van der Waals surface area contributed by atoms with Crippen LogP contribution in [0.2, 0.25) is 0 Å².